The lowest BCUT2D eigenvalue weighted by atomic mass is 10.3. The van der Waals surface area contributed by atoms with Crippen molar-refractivity contribution in [2.45, 2.75) is 6.92 Å². The van der Waals surface area contributed by atoms with Crippen molar-refractivity contribution in [3.05, 3.63) is 42.0 Å². The minimum absolute atomic E-state index is 0.0974. The van der Waals surface area contributed by atoms with Crippen molar-refractivity contribution in [3.8, 4) is 17.2 Å². The van der Waals surface area contributed by atoms with Gasteiger partial charge in [-0.1, -0.05) is 6.07 Å². The molecule has 0 aliphatic carbocycles. The minimum atomic E-state index is -0.724. The van der Waals surface area contributed by atoms with Gasteiger partial charge in [0.1, 0.15) is 0 Å². The summed E-state index contributed by atoms with van der Waals surface area (Å²) in [6, 6.07) is 6.81. The Balaban J connectivity index is 1.96. The third-order valence-corrected chi connectivity index (χ3v) is 3.19. The van der Waals surface area contributed by atoms with Gasteiger partial charge in [0, 0.05) is 11.9 Å². The highest BCUT2D eigenvalue weighted by molar-refractivity contribution is 5.88. The zero-order valence-electron chi connectivity index (χ0n) is 12.8. The summed E-state index contributed by atoms with van der Waals surface area (Å²) in [6.07, 6.45) is 1.59. The van der Waals surface area contributed by atoms with Gasteiger partial charge in [0.2, 0.25) is 5.75 Å². The molecule has 0 saturated heterocycles. The van der Waals surface area contributed by atoms with Gasteiger partial charge in [-0.3, -0.25) is 0 Å². The van der Waals surface area contributed by atoms with Gasteiger partial charge in [-0.25, -0.2) is 14.3 Å². The average Bonchev–Trinajstić information content (AvgIpc) is 3.01. The number of rotatable bonds is 4. The highest BCUT2D eigenvalue weighted by Gasteiger charge is 2.21. The van der Waals surface area contributed by atoms with Gasteiger partial charge in [0.15, 0.2) is 11.5 Å². The molecule has 8 nitrogen and oxygen atoms in total. The van der Waals surface area contributed by atoms with Crippen molar-refractivity contribution in [1.29, 1.82) is 0 Å². The number of para-hydroxylation sites is 1. The number of fused-ring (bicyclic) bond motifs is 1. The lowest BCUT2D eigenvalue weighted by Gasteiger charge is -2.11. The van der Waals surface area contributed by atoms with Crippen molar-refractivity contribution in [2.24, 2.45) is 0 Å². The van der Waals surface area contributed by atoms with E-state index in [4.69, 9.17) is 14.2 Å². The molecular weight excluding hydrogens is 300 g/mol. The first-order chi connectivity index (χ1) is 11.1. The van der Waals surface area contributed by atoms with Crippen LogP contribution >= 0.6 is 0 Å². The van der Waals surface area contributed by atoms with Crippen LogP contribution in [0.1, 0.15) is 16.3 Å². The molecule has 3 aromatic rings. The summed E-state index contributed by atoms with van der Waals surface area (Å²) in [7, 11) is 2.95. The Bertz CT molecular complexity index is 853. The lowest BCUT2D eigenvalue weighted by Crippen LogP contribution is -2.12. The van der Waals surface area contributed by atoms with Crippen molar-refractivity contribution in [2.75, 3.05) is 14.2 Å². The predicted molar refractivity (Wildman–Crippen MR) is 80.0 cm³/mol. The number of carbonyl (C=O) groups excluding carboxylic acids is 1. The summed E-state index contributed by atoms with van der Waals surface area (Å²) >= 11 is 0. The van der Waals surface area contributed by atoms with Gasteiger partial charge < -0.3 is 14.2 Å². The molecule has 1 aromatic carbocycles. The molecule has 0 amide bonds. The minimum Gasteiger partial charge on any atom is -0.493 e. The third-order valence-electron chi connectivity index (χ3n) is 3.19. The number of aromatic nitrogens is 4. The maximum atomic E-state index is 12.3. The van der Waals surface area contributed by atoms with Gasteiger partial charge in [0.05, 0.1) is 14.2 Å². The van der Waals surface area contributed by atoms with Crippen LogP contribution in [0.4, 0.5) is 0 Å². The van der Waals surface area contributed by atoms with Crippen LogP contribution in [0, 0.1) is 6.92 Å². The van der Waals surface area contributed by atoms with E-state index < -0.39 is 5.97 Å². The summed E-state index contributed by atoms with van der Waals surface area (Å²) in [4.78, 5) is 20.4. The molecule has 0 atom stereocenters. The monoisotopic (exact) mass is 314 g/mol. The van der Waals surface area contributed by atoms with E-state index in [-0.39, 0.29) is 11.6 Å². The lowest BCUT2D eigenvalue weighted by molar-refractivity contribution is 0.0711. The van der Waals surface area contributed by atoms with E-state index >= 15 is 0 Å². The molecule has 8 heteroatoms. The van der Waals surface area contributed by atoms with Crippen LogP contribution in [0.15, 0.2) is 30.5 Å². The number of aryl methyl sites for hydroxylation is 1. The molecule has 0 saturated carbocycles. The fourth-order valence-corrected chi connectivity index (χ4v) is 2.05. The Labute approximate surface area is 131 Å². The molecule has 0 radical (unpaired) electrons. The number of esters is 1. The van der Waals surface area contributed by atoms with Crippen molar-refractivity contribution < 1.29 is 19.0 Å². The van der Waals surface area contributed by atoms with Gasteiger partial charge in [0.25, 0.3) is 11.6 Å². The Kier molecular flexibility index (Phi) is 3.80. The Morgan fingerprint density at radius 2 is 1.83 bits per heavy atom. The molecule has 2 heterocycles. The first kappa shape index (κ1) is 14.8. The van der Waals surface area contributed by atoms with Gasteiger partial charge in [-0.05, 0) is 25.1 Å². The first-order valence-electron chi connectivity index (χ1n) is 6.75. The molecule has 118 valence electrons. The predicted octanol–water partition coefficient (Wildman–Crippen LogP) is 1.67. The summed E-state index contributed by atoms with van der Waals surface area (Å²) in [5, 5.41) is 4.11. The highest BCUT2D eigenvalue weighted by Crippen LogP contribution is 2.37. The zero-order chi connectivity index (χ0) is 16.4. The number of nitrogens with zero attached hydrogens (tertiary/aromatic N) is 4. The van der Waals surface area contributed by atoms with E-state index in [1.165, 1.54) is 18.7 Å². The Morgan fingerprint density at radius 3 is 2.43 bits per heavy atom. The van der Waals surface area contributed by atoms with Crippen LogP contribution in [0.3, 0.4) is 0 Å². The van der Waals surface area contributed by atoms with Gasteiger partial charge in [-0.15, -0.1) is 5.10 Å². The van der Waals surface area contributed by atoms with E-state index in [1.807, 2.05) is 6.92 Å². The summed E-state index contributed by atoms with van der Waals surface area (Å²) in [5.74, 6) is 0.416. The molecule has 0 unspecified atom stereocenters. The largest absolute Gasteiger partial charge is 0.493 e. The molecule has 0 aliphatic rings. The van der Waals surface area contributed by atoms with E-state index in [1.54, 1.807) is 30.5 Å². The van der Waals surface area contributed by atoms with Crippen LogP contribution < -0.4 is 14.2 Å². The number of benzene rings is 1. The molecule has 0 fully saturated rings. The smallest absolute Gasteiger partial charge is 0.383 e. The number of carbonyl (C=O) groups is 1. The molecule has 0 bridgehead atoms. The molecule has 23 heavy (non-hydrogen) atoms. The van der Waals surface area contributed by atoms with E-state index in [2.05, 4.69) is 15.1 Å². The molecule has 0 N–H and O–H groups in total. The number of hydrogen-bond donors (Lipinski definition) is 0. The second-order valence-corrected chi connectivity index (χ2v) is 4.61. The standard InChI is InChI=1S/C15H14N4O4/c1-9-7-8-16-15-17-13(18-19(9)15)14(20)23-12-10(21-2)5-4-6-11(12)22-3/h4-8H,1-3H3. The van der Waals surface area contributed by atoms with E-state index in [0.717, 1.165) is 5.69 Å². The second kappa shape index (κ2) is 5.91. The maximum absolute atomic E-state index is 12.3. The normalized spacial score (nSPS) is 10.6. The van der Waals surface area contributed by atoms with Crippen LogP contribution in [-0.4, -0.2) is 39.8 Å². The fourth-order valence-electron chi connectivity index (χ4n) is 2.05. The van der Waals surface area contributed by atoms with Crippen molar-refractivity contribution in [3.63, 3.8) is 0 Å². The first-order valence-corrected chi connectivity index (χ1v) is 6.75. The SMILES string of the molecule is COc1cccc(OC)c1OC(=O)c1nc2nccc(C)n2n1. The molecular formula is C15H14N4O4. The maximum Gasteiger partial charge on any atom is 0.383 e. The van der Waals surface area contributed by atoms with Crippen LogP contribution in [0.5, 0.6) is 17.2 Å². The quantitative estimate of drug-likeness (QED) is 0.534. The summed E-state index contributed by atoms with van der Waals surface area (Å²) in [6.45, 7) is 1.84. The summed E-state index contributed by atoms with van der Waals surface area (Å²) in [5.41, 5.74) is 0.802. The van der Waals surface area contributed by atoms with Crippen LogP contribution in [0.25, 0.3) is 5.78 Å². The highest BCUT2D eigenvalue weighted by atomic mass is 16.6. The molecule has 0 aliphatic heterocycles. The molecule has 3 rings (SSSR count). The number of hydrogen-bond acceptors (Lipinski definition) is 7. The fraction of sp³-hybridized carbons (Fsp3) is 0.200. The zero-order valence-corrected chi connectivity index (χ0v) is 12.8. The van der Waals surface area contributed by atoms with E-state index in [9.17, 15) is 4.79 Å². The molecule has 2 aromatic heterocycles. The van der Waals surface area contributed by atoms with Gasteiger partial charge >= 0.3 is 5.97 Å². The van der Waals surface area contributed by atoms with Crippen molar-refractivity contribution in [1.82, 2.24) is 19.6 Å². The topological polar surface area (TPSA) is 87.8 Å². The van der Waals surface area contributed by atoms with Crippen LogP contribution in [-0.2, 0) is 0 Å². The number of methoxy groups -OCH3 is 2. The van der Waals surface area contributed by atoms with E-state index in [0.29, 0.717) is 17.3 Å². The third kappa shape index (κ3) is 2.66. The van der Waals surface area contributed by atoms with Crippen LogP contribution in [0.2, 0.25) is 0 Å². The number of ether oxygens (including phenoxy) is 3. The Hall–Kier alpha value is -3.16. The van der Waals surface area contributed by atoms with Gasteiger partial charge in [-0.2, -0.15) is 4.98 Å². The second-order valence-electron chi connectivity index (χ2n) is 4.61. The summed E-state index contributed by atoms with van der Waals surface area (Å²) < 4.78 is 17.2. The average molecular weight is 314 g/mol. The van der Waals surface area contributed by atoms with Crippen molar-refractivity contribution >= 4 is 11.7 Å². The Morgan fingerprint density at radius 1 is 1.13 bits per heavy atom. The molecule has 0 spiro atoms.